The smallest absolute Gasteiger partial charge is 0.258 e. The minimum absolute atomic E-state index is 0.0844. The van der Waals surface area contributed by atoms with Crippen molar-refractivity contribution in [1.29, 1.82) is 0 Å². The molecule has 0 atom stereocenters. The number of nitrogens with one attached hydrogen (secondary N) is 1. The fourth-order valence-corrected chi connectivity index (χ4v) is 1.42. The van der Waals surface area contributed by atoms with E-state index in [2.05, 4.69) is 10.5 Å². The fraction of sp³-hybridized carbons (Fsp3) is 0.273. The van der Waals surface area contributed by atoms with Crippen molar-refractivity contribution >= 4 is 5.65 Å². The molecule has 2 aromatic rings. The molecule has 5 nitrogen and oxygen atoms in total. The van der Waals surface area contributed by atoms with Crippen molar-refractivity contribution in [3.63, 3.8) is 0 Å². The second-order valence-corrected chi connectivity index (χ2v) is 3.27. The first kappa shape index (κ1) is 10.8. The lowest BCUT2D eigenvalue weighted by Crippen LogP contribution is -2.20. The average molecular weight is 219 g/mol. The van der Waals surface area contributed by atoms with Crippen molar-refractivity contribution < 1.29 is 4.84 Å². The third-order valence-electron chi connectivity index (χ3n) is 2.12. The highest BCUT2D eigenvalue weighted by molar-refractivity contribution is 5.37. The van der Waals surface area contributed by atoms with Gasteiger partial charge in [-0.2, -0.15) is 5.48 Å². The molecular formula is C11H13N3O2. The first-order valence-electron chi connectivity index (χ1n) is 5.13. The lowest BCUT2D eigenvalue weighted by molar-refractivity contribution is 0.0456. The van der Waals surface area contributed by atoms with Crippen LogP contribution in [-0.4, -0.2) is 16.0 Å². The van der Waals surface area contributed by atoms with Crippen LogP contribution in [0.5, 0.6) is 0 Å². The molecule has 2 rings (SSSR count). The first-order chi connectivity index (χ1) is 7.81. The summed E-state index contributed by atoms with van der Waals surface area (Å²) in [6, 6.07) is 6.94. The van der Waals surface area contributed by atoms with Gasteiger partial charge >= 0.3 is 0 Å². The van der Waals surface area contributed by atoms with Crippen molar-refractivity contribution in [2.24, 2.45) is 0 Å². The van der Waals surface area contributed by atoms with Crippen molar-refractivity contribution in [1.82, 2.24) is 14.9 Å². The highest BCUT2D eigenvalue weighted by Gasteiger charge is 2.00. The molecule has 0 aromatic carbocycles. The third-order valence-corrected chi connectivity index (χ3v) is 2.12. The van der Waals surface area contributed by atoms with E-state index in [1.807, 2.05) is 13.0 Å². The molecule has 0 spiro atoms. The molecule has 2 aromatic heterocycles. The van der Waals surface area contributed by atoms with Crippen LogP contribution in [0.4, 0.5) is 0 Å². The van der Waals surface area contributed by atoms with Gasteiger partial charge in [-0.15, -0.1) is 0 Å². The van der Waals surface area contributed by atoms with Crippen LogP contribution in [0.25, 0.3) is 5.65 Å². The van der Waals surface area contributed by atoms with E-state index < -0.39 is 0 Å². The Kier molecular flexibility index (Phi) is 3.28. The molecule has 84 valence electrons. The number of pyridine rings is 1. The summed E-state index contributed by atoms with van der Waals surface area (Å²) < 4.78 is 1.50. The fourth-order valence-electron chi connectivity index (χ4n) is 1.42. The van der Waals surface area contributed by atoms with Crippen LogP contribution in [-0.2, 0) is 11.4 Å². The second-order valence-electron chi connectivity index (χ2n) is 3.27. The second kappa shape index (κ2) is 4.87. The van der Waals surface area contributed by atoms with Crippen LogP contribution >= 0.6 is 0 Å². The lowest BCUT2D eigenvalue weighted by atomic mass is 10.4. The largest absolute Gasteiger partial charge is 0.302 e. The molecule has 0 saturated carbocycles. The summed E-state index contributed by atoms with van der Waals surface area (Å²) in [5.74, 6) is 0. The van der Waals surface area contributed by atoms with Gasteiger partial charge in [-0.25, -0.2) is 4.98 Å². The molecule has 0 aliphatic heterocycles. The maximum Gasteiger partial charge on any atom is 0.258 e. The first-order valence-corrected chi connectivity index (χ1v) is 5.13. The molecule has 0 amide bonds. The molecule has 2 heterocycles. The van der Waals surface area contributed by atoms with Crippen molar-refractivity contribution in [3.8, 4) is 0 Å². The normalized spacial score (nSPS) is 10.8. The zero-order valence-electron chi connectivity index (χ0n) is 9.01. The van der Waals surface area contributed by atoms with E-state index in [1.54, 1.807) is 18.3 Å². The SMILES string of the molecule is CCONCc1cc(=O)n2ccccc2n1. The maximum atomic E-state index is 11.7. The molecule has 0 aliphatic carbocycles. The predicted octanol–water partition coefficient (Wildman–Crippen LogP) is 0.736. The Bertz CT molecular complexity index is 536. The molecule has 0 aliphatic rings. The number of hydrogen-bond acceptors (Lipinski definition) is 4. The Morgan fingerprint density at radius 2 is 2.38 bits per heavy atom. The highest BCUT2D eigenvalue weighted by atomic mass is 16.6. The molecule has 1 N–H and O–H groups in total. The predicted molar refractivity (Wildman–Crippen MR) is 59.9 cm³/mol. The van der Waals surface area contributed by atoms with Crippen LogP contribution < -0.4 is 11.0 Å². The summed E-state index contributed by atoms with van der Waals surface area (Å²) in [7, 11) is 0. The van der Waals surface area contributed by atoms with Crippen LogP contribution in [0.15, 0.2) is 35.3 Å². The lowest BCUT2D eigenvalue weighted by Gasteiger charge is -2.04. The molecule has 16 heavy (non-hydrogen) atoms. The van der Waals surface area contributed by atoms with Crippen molar-refractivity contribution in [2.75, 3.05) is 6.61 Å². The van der Waals surface area contributed by atoms with E-state index in [0.717, 1.165) is 0 Å². The van der Waals surface area contributed by atoms with E-state index in [-0.39, 0.29) is 5.56 Å². The van der Waals surface area contributed by atoms with E-state index in [0.29, 0.717) is 24.5 Å². The number of aromatic nitrogens is 2. The van der Waals surface area contributed by atoms with Gasteiger partial charge in [0, 0.05) is 12.3 Å². The summed E-state index contributed by atoms with van der Waals surface area (Å²) in [4.78, 5) is 21.0. The van der Waals surface area contributed by atoms with E-state index in [4.69, 9.17) is 4.84 Å². The van der Waals surface area contributed by atoms with Crippen LogP contribution in [0.1, 0.15) is 12.6 Å². The van der Waals surface area contributed by atoms with E-state index in [1.165, 1.54) is 10.5 Å². The molecule has 0 unspecified atom stereocenters. The summed E-state index contributed by atoms with van der Waals surface area (Å²) >= 11 is 0. The van der Waals surface area contributed by atoms with Gasteiger partial charge in [0.15, 0.2) is 0 Å². The number of rotatable bonds is 4. The van der Waals surface area contributed by atoms with Gasteiger partial charge in [0.1, 0.15) is 5.65 Å². The monoisotopic (exact) mass is 219 g/mol. The minimum Gasteiger partial charge on any atom is -0.302 e. The van der Waals surface area contributed by atoms with Gasteiger partial charge in [0.2, 0.25) is 0 Å². The van der Waals surface area contributed by atoms with Crippen molar-refractivity contribution in [3.05, 3.63) is 46.5 Å². The average Bonchev–Trinajstić information content (AvgIpc) is 2.30. The van der Waals surface area contributed by atoms with Crippen molar-refractivity contribution in [2.45, 2.75) is 13.5 Å². The third kappa shape index (κ3) is 2.26. The highest BCUT2D eigenvalue weighted by Crippen LogP contribution is 1.98. The van der Waals surface area contributed by atoms with Crippen LogP contribution in [0, 0.1) is 0 Å². The summed E-state index contributed by atoms with van der Waals surface area (Å²) in [5, 5.41) is 0. The van der Waals surface area contributed by atoms with Gasteiger partial charge in [-0.3, -0.25) is 9.20 Å². The molecule has 5 heteroatoms. The molecule has 0 radical (unpaired) electrons. The van der Waals surface area contributed by atoms with Crippen LogP contribution in [0.2, 0.25) is 0 Å². The van der Waals surface area contributed by atoms with E-state index in [9.17, 15) is 4.79 Å². The Labute approximate surface area is 92.7 Å². The van der Waals surface area contributed by atoms with Gasteiger partial charge in [-0.05, 0) is 19.1 Å². The number of nitrogens with zero attached hydrogens (tertiary/aromatic N) is 2. The Hall–Kier alpha value is -1.72. The van der Waals surface area contributed by atoms with Gasteiger partial charge in [-0.1, -0.05) is 6.07 Å². The van der Waals surface area contributed by atoms with Crippen LogP contribution in [0.3, 0.4) is 0 Å². The summed E-state index contributed by atoms with van der Waals surface area (Å²) in [6.45, 7) is 2.89. The Morgan fingerprint density at radius 3 is 3.19 bits per heavy atom. The molecule has 0 fully saturated rings. The Morgan fingerprint density at radius 1 is 1.50 bits per heavy atom. The standard InChI is InChI=1S/C11H13N3O2/c1-2-16-12-8-9-7-11(15)14-6-4-3-5-10(14)13-9/h3-7,12H,2,8H2,1H3. The molecular weight excluding hydrogens is 206 g/mol. The zero-order chi connectivity index (χ0) is 11.4. The molecule has 0 bridgehead atoms. The number of hydroxylamine groups is 1. The Balaban J connectivity index is 2.31. The van der Waals surface area contributed by atoms with E-state index >= 15 is 0 Å². The topological polar surface area (TPSA) is 55.6 Å². The molecule has 0 saturated heterocycles. The van der Waals surface area contributed by atoms with Gasteiger partial charge in [0.25, 0.3) is 5.56 Å². The summed E-state index contributed by atoms with van der Waals surface area (Å²) in [5.41, 5.74) is 3.96. The zero-order valence-corrected chi connectivity index (χ0v) is 9.01. The quantitative estimate of drug-likeness (QED) is 0.608. The van der Waals surface area contributed by atoms with Gasteiger partial charge in [0.05, 0.1) is 18.8 Å². The minimum atomic E-state index is -0.0844. The number of hydrogen-bond donors (Lipinski definition) is 1. The summed E-state index contributed by atoms with van der Waals surface area (Å²) in [6.07, 6.45) is 1.70. The van der Waals surface area contributed by atoms with Gasteiger partial charge < -0.3 is 4.84 Å². The number of fused-ring (bicyclic) bond motifs is 1. The maximum absolute atomic E-state index is 11.7.